The van der Waals surface area contributed by atoms with Gasteiger partial charge in [0.1, 0.15) is 0 Å². The van der Waals surface area contributed by atoms with Crippen LogP contribution in [0.1, 0.15) is 27.0 Å². The number of aryl methyl sites for hydroxylation is 1. The molecule has 1 N–H and O–H groups in total. The van der Waals surface area contributed by atoms with E-state index < -0.39 is 0 Å². The van der Waals surface area contributed by atoms with Crippen molar-refractivity contribution in [2.75, 3.05) is 13.1 Å². The molecule has 2 aromatic carbocycles. The first-order valence-electron chi connectivity index (χ1n) is 7.83. The molecule has 0 spiro atoms. The smallest absolute Gasteiger partial charge is 0.251 e. The number of nitrogens with zero attached hydrogens (tertiary/aromatic N) is 1. The van der Waals surface area contributed by atoms with Crippen LogP contribution in [-0.2, 0) is 17.8 Å². The van der Waals surface area contributed by atoms with E-state index in [1.165, 1.54) is 11.1 Å². The molecular weight excluding hydrogens is 288 g/mol. The summed E-state index contributed by atoms with van der Waals surface area (Å²) < 4.78 is 0. The Labute approximate surface area is 136 Å². The third-order valence-electron chi connectivity index (χ3n) is 4.16. The number of hydrogen-bond acceptors (Lipinski definition) is 2. The fourth-order valence-electron chi connectivity index (χ4n) is 2.86. The first-order valence-corrected chi connectivity index (χ1v) is 7.83. The second-order valence-corrected chi connectivity index (χ2v) is 5.89. The van der Waals surface area contributed by atoms with Gasteiger partial charge in [-0.1, -0.05) is 42.0 Å². The average Bonchev–Trinajstić information content (AvgIpc) is 2.59. The van der Waals surface area contributed by atoms with Gasteiger partial charge in [0, 0.05) is 18.7 Å². The molecule has 0 aliphatic carbocycles. The van der Waals surface area contributed by atoms with E-state index in [2.05, 4.69) is 17.4 Å². The van der Waals surface area contributed by atoms with E-state index >= 15 is 0 Å². The summed E-state index contributed by atoms with van der Waals surface area (Å²) in [6, 6.07) is 15.5. The molecule has 1 aliphatic rings. The number of carbonyl (C=O) groups is 2. The van der Waals surface area contributed by atoms with Crippen LogP contribution in [-0.4, -0.2) is 29.8 Å². The van der Waals surface area contributed by atoms with Crippen LogP contribution in [0.4, 0.5) is 0 Å². The fourth-order valence-corrected chi connectivity index (χ4v) is 2.86. The first kappa shape index (κ1) is 15.3. The van der Waals surface area contributed by atoms with Gasteiger partial charge >= 0.3 is 0 Å². The number of rotatable bonds is 3. The minimum Gasteiger partial charge on any atom is -0.343 e. The van der Waals surface area contributed by atoms with Crippen molar-refractivity contribution in [1.82, 2.24) is 10.2 Å². The Morgan fingerprint density at radius 3 is 2.65 bits per heavy atom. The second kappa shape index (κ2) is 6.65. The van der Waals surface area contributed by atoms with E-state index in [1.807, 2.05) is 37.3 Å². The molecule has 0 saturated carbocycles. The Morgan fingerprint density at radius 1 is 1.09 bits per heavy atom. The predicted octanol–water partition coefficient (Wildman–Crippen LogP) is 2.31. The summed E-state index contributed by atoms with van der Waals surface area (Å²) in [4.78, 5) is 26.2. The first-order chi connectivity index (χ1) is 11.1. The molecule has 0 saturated heterocycles. The SMILES string of the molecule is Cc1cccc(C(=O)NCC(=O)N2CCc3ccccc3C2)c1. The van der Waals surface area contributed by atoms with Crippen LogP contribution in [0.15, 0.2) is 48.5 Å². The molecule has 4 nitrogen and oxygen atoms in total. The lowest BCUT2D eigenvalue weighted by Crippen LogP contribution is -2.42. The Balaban J connectivity index is 1.57. The zero-order chi connectivity index (χ0) is 16.2. The largest absolute Gasteiger partial charge is 0.343 e. The van der Waals surface area contributed by atoms with Gasteiger partial charge in [-0.25, -0.2) is 0 Å². The van der Waals surface area contributed by atoms with E-state index in [9.17, 15) is 9.59 Å². The molecule has 0 unspecified atom stereocenters. The molecular formula is C19H20N2O2. The van der Waals surface area contributed by atoms with Crippen molar-refractivity contribution >= 4 is 11.8 Å². The molecule has 0 fully saturated rings. The van der Waals surface area contributed by atoms with Gasteiger partial charge < -0.3 is 10.2 Å². The standard InChI is InChI=1S/C19H20N2O2/c1-14-5-4-8-16(11-14)19(23)20-12-18(22)21-10-9-15-6-2-3-7-17(15)13-21/h2-8,11H,9-10,12-13H2,1H3,(H,20,23). The van der Waals surface area contributed by atoms with Gasteiger partial charge in [-0.15, -0.1) is 0 Å². The molecule has 118 valence electrons. The summed E-state index contributed by atoms with van der Waals surface area (Å²) in [7, 11) is 0. The summed E-state index contributed by atoms with van der Waals surface area (Å²) in [5.74, 6) is -0.250. The minimum atomic E-state index is -0.209. The van der Waals surface area contributed by atoms with E-state index in [0.717, 1.165) is 12.0 Å². The summed E-state index contributed by atoms with van der Waals surface area (Å²) in [5.41, 5.74) is 4.11. The number of carbonyl (C=O) groups excluding carboxylic acids is 2. The van der Waals surface area contributed by atoms with Gasteiger partial charge in [0.15, 0.2) is 0 Å². The van der Waals surface area contributed by atoms with Crippen LogP contribution in [0, 0.1) is 6.92 Å². The summed E-state index contributed by atoms with van der Waals surface area (Å²) in [6.07, 6.45) is 0.869. The molecule has 1 aliphatic heterocycles. The van der Waals surface area contributed by atoms with Crippen LogP contribution < -0.4 is 5.32 Å². The van der Waals surface area contributed by atoms with Crippen LogP contribution in [0.25, 0.3) is 0 Å². The molecule has 4 heteroatoms. The van der Waals surface area contributed by atoms with Crippen molar-refractivity contribution in [3.63, 3.8) is 0 Å². The molecule has 0 aromatic heterocycles. The zero-order valence-electron chi connectivity index (χ0n) is 13.2. The Hall–Kier alpha value is -2.62. The van der Waals surface area contributed by atoms with Gasteiger partial charge in [0.25, 0.3) is 5.91 Å². The molecule has 2 amide bonds. The average molecular weight is 308 g/mol. The predicted molar refractivity (Wildman–Crippen MR) is 89.1 cm³/mol. The van der Waals surface area contributed by atoms with E-state index in [4.69, 9.17) is 0 Å². The lowest BCUT2D eigenvalue weighted by molar-refractivity contribution is -0.131. The Kier molecular flexibility index (Phi) is 4.42. The zero-order valence-corrected chi connectivity index (χ0v) is 13.2. The number of nitrogens with one attached hydrogen (secondary N) is 1. The lowest BCUT2D eigenvalue weighted by Gasteiger charge is -2.29. The number of benzene rings is 2. The van der Waals surface area contributed by atoms with E-state index in [1.54, 1.807) is 11.0 Å². The highest BCUT2D eigenvalue weighted by atomic mass is 16.2. The van der Waals surface area contributed by atoms with Crippen molar-refractivity contribution in [2.45, 2.75) is 19.9 Å². The number of amides is 2. The van der Waals surface area contributed by atoms with Gasteiger partial charge in [-0.3, -0.25) is 9.59 Å². The highest BCUT2D eigenvalue weighted by molar-refractivity contribution is 5.96. The summed E-state index contributed by atoms with van der Waals surface area (Å²) in [5, 5.41) is 2.72. The molecule has 0 atom stereocenters. The molecule has 1 heterocycles. The maximum absolute atomic E-state index is 12.3. The van der Waals surface area contributed by atoms with Crippen molar-refractivity contribution in [2.24, 2.45) is 0 Å². The second-order valence-electron chi connectivity index (χ2n) is 5.89. The number of hydrogen-bond donors (Lipinski definition) is 1. The van der Waals surface area contributed by atoms with Crippen LogP contribution in [0.2, 0.25) is 0 Å². The Bertz CT molecular complexity index is 740. The van der Waals surface area contributed by atoms with Gasteiger partial charge in [0.05, 0.1) is 6.54 Å². The number of fused-ring (bicyclic) bond motifs is 1. The molecule has 23 heavy (non-hydrogen) atoms. The summed E-state index contributed by atoms with van der Waals surface area (Å²) in [6.45, 7) is 3.30. The maximum Gasteiger partial charge on any atom is 0.251 e. The molecule has 3 rings (SSSR count). The van der Waals surface area contributed by atoms with Gasteiger partial charge in [0.2, 0.25) is 5.91 Å². The van der Waals surface area contributed by atoms with Crippen LogP contribution in [0.3, 0.4) is 0 Å². The van der Waals surface area contributed by atoms with Crippen LogP contribution >= 0.6 is 0 Å². The topological polar surface area (TPSA) is 49.4 Å². The van der Waals surface area contributed by atoms with E-state index in [0.29, 0.717) is 18.7 Å². The van der Waals surface area contributed by atoms with Crippen molar-refractivity contribution in [3.05, 3.63) is 70.8 Å². The van der Waals surface area contributed by atoms with Gasteiger partial charge in [-0.2, -0.15) is 0 Å². The normalized spacial score (nSPS) is 13.3. The lowest BCUT2D eigenvalue weighted by atomic mass is 10.00. The van der Waals surface area contributed by atoms with Crippen molar-refractivity contribution in [1.29, 1.82) is 0 Å². The molecule has 2 aromatic rings. The molecule has 0 bridgehead atoms. The highest BCUT2D eigenvalue weighted by Crippen LogP contribution is 2.18. The minimum absolute atomic E-state index is 0.0366. The fraction of sp³-hybridized carbons (Fsp3) is 0.263. The third-order valence-corrected chi connectivity index (χ3v) is 4.16. The maximum atomic E-state index is 12.3. The molecule has 0 radical (unpaired) electrons. The highest BCUT2D eigenvalue weighted by Gasteiger charge is 2.20. The monoisotopic (exact) mass is 308 g/mol. The Morgan fingerprint density at radius 2 is 1.87 bits per heavy atom. The van der Waals surface area contributed by atoms with E-state index in [-0.39, 0.29) is 18.4 Å². The van der Waals surface area contributed by atoms with Gasteiger partial charge in [-0.05, 0) is 36.6 Å². The third kappa shape index (κ3) is 3.59. The van der Waals surface area contributed by atoms with Crippen molar-refractivity contribution < 1.29 is 9.59 Å². The van der Waals surface area contributed by atoms with Crippen LogP contribution in [0.5, 0.6) is 0 Å². The quantitative estimate of drug-likeness (QED) is 0.946. The van der Waals surface area contributed by atoms with Crippen molar-refractivity contribution in [3.8, 4) is 0 Å². The summed E-state index contributed by atoms with van der Waals surface area (Å²) >= 11 is 0.